The molecule has 4 nitrogen and oxygen atoms in total. The minimum atomic E-state index is -0.0739. The summed E-state index contributed by atoms with van der Waals surface area (Å²) in [6.07, 6.45) is 5.54. The predicted molar refractivity (Wildman–Crippen MR) is 112 cm³/mol. The van der Waals surface area contributed by atoms with Crippen LogP contribution in [0.15, 0.2) is 48.8 Å². The van der Waals surface area contributed by atoms with Crippen molar-refractivity contribution in [3.05, 3.63) is 69.9 Å². The lowest BCUT2D eigenvalue weighted by Gasteiger charge is -2.17. The normalized spacial score (nSPS) is 12.0. The highest BCUT2D eigenvalue weighted by atomic mass is 35.5. The zero-order valence-corrected chi connectivity index (χ0v) is 17.0. The SMILES string of the molecule is CCCC(CNC(=O)c1sc(-c2cccnc2)nc1C)c1ccc(Cl)cc1. The van der Waals surface area contributed by atoms with Crippen molar-refractivity contribution >= 4 is 28.8 Å². The summed E-state index contributed by atoms with van der Waals surface area (Å²) in [5, 5.41) is 4.62. The second-order valence-corrected chi connectivity index (χ2v) is 7.86. The highest BCUT2D eigenvalue weighted by Crippen LogP contribution is 2.28. The summed E-state index contributed by atoms with van der Waals surface area (Å²) in [4.78, 5) is 22.0. The molecule has 0 fully saturated rings. The first-order valence-corrected chi connectivity index (χ1v) is 10.2. The first-order valence-electron chi connectivity index (χ1n) is 9.00. The average molecular weight is 400 g/mol. The molecule has 0 saturated heterocycles. The van der Waals surface area contributed by atoms with Gasteiger partial charge in [0.1, 0.15) is 9.88 Å². The Kier molecular flexibility index (Phi) is 6.58. The molecule has 0 bridgehead atoms. The molecule has 0 aliphatic rings. The number of aromatic nitrogens is 2. The first kappa shape index (κ1) is 19.5. The van der Waals surface area contributed by atoms with Gasteiger partial charge in [-0.2, -0.15) is 0 Å². The summed E-state index contributed by atoms with van der Waals surface area (Å²) in [7, 11) is 0. The molecule has 6 heteroatoms. The fourth-order valence-electron chi connectivity index (χ4n) is 2.99. The largest absolute Gasteiger partial charge is 0.351 e. The third-order valence-electron chi connectivity index (χ3n) is 4.40. The Morgan fingerprint density at radius 2 is 2.04 bits per heavy atom. The molecule has 1 atom stereocenters. The fourth-order valence-corrected chi connectivity index (χ4v) is 4.08. The molecule has 2 aromatic heterocycles. The van der Waals surface area contributed by atoms with Gasteiger partial charge in [0.2, 0.25) is 0 Å². The molecule has 1 unspecified atom stereocenters. The standard InChI is InChI=1S/C21H22ClN3OS/c1-3-5-16(15-7-9-18(22)10-8-15)13-24-20(26)19-14(2)25-21(27-19)17-6-4-11-23-12-17/h4,6-12,16H,3,5,13H2,1-2H3,(H,24,26). The van der Waals surface area contributed by atoms with Crippen molar-refractivity contribution in [3.8, 4) is 10.6 Å². The number of amides is 1. The number of hydrogen-bond donors (Lipinski definition) is 1. The van der Waals surface area contributed by atoms with E-state index in [1.807, 2.05) is 43.3 Å². The molecule has 1 aromatic carbocycles. The third-order valence-corrected chi connectivity index (χ3v) is 5.86. The van der Waals surface area contributed by atoms with Gasteiger partial charge in [0.25, 0.3) is 5.91 Å². The van der Waals surface area contributed by atoms with Gasteiger partial charge >= 0.3 is 0 Å². The summed E-state index contributed by atoms with van der Waals surface area (Å²) < 4.78 is 0. The van der Waals surface area contributed by atoms with Gasteiger partial charge in [-0.05, 0) is 43.2 Å². The van der Waals surface area contributed by atoms with Crippen LogP contribution >= 0.6 is 22.9 Å². The van der Waals surface area contributed by atoms with E-state index < -0.39 is 0 Å². The molecule has 27 heavy (non-hydrogen) atoms. The minimum Gasteiger partial charge on any atom is -0.351 e. The van der Waals surface area contributed by atoms with Gasteiger partial charge in [0, 0.05) is 35.4 Å². The minimum absolute atomic E-state index is 0.0739. The summed E-state index contributed by atoms with van der Waals surface area (Å²) in [6.45, 7) is 4.61. The molecule has 0 radical (unpaired) electrons. The van der Waals surface area contributed by atoms with E-state index in [2.05, 4.69) is 22.2 Å². The van der Waals surface area contributed by atoms with Crippen LogP contribution in [0.1, 0.15) is 46.6 Å². The van der Waals surface area contributed by atoms with Gasteiger partial charge in [-0.3, -0.25) is 9.78 Å². The maximum Gasteiger partial charge on any atom is 0.263 e. The zero-order valence-electron chi connectivity index (χ0n) is 15.4. The molecule has 1 N–H and O–H groups in total. The number of aryl methyl sites for hydroxylation is 1. The summed E-state index contributed by atoms with van der Waals surface area (Å²) in [5.74, 6) is 0.192. The van der Waals surface area contributed by atoms with Crippen molar-refractivity contribution in [1.82, 2.24) is 15.3 Å². The molecule has 0 saturated carbocycles. The van der Waals surface area contributed by atoms with Gasteiger partial charge in [0.15, 0.2) is 0 Å². The Labute approximate surface area is 168 Å². The number of carbonyl (C=O) groups is 1. The lowest BCUT2D eigenvalue weighted by atomic mass is 9.94. The molecule has 2 heterocycles. The number of nitrogens with zero attached hydrogens (tertiary/aromatic N) is 2. The van der Waals surface area contributed by atoms with Crippen molar-refractivity contribution < 1.29 is 4.79 Å². The summed E-state index contributed by atoms with van der Waals surface area (Å²) in [5.41, 5.74) is 2.86. The smallest absolute Gasteiger partial charge is 0.263 e. The van der Waals surface area contributed by atoms with Crippen LogP contribution < -0.4 is 5.32 Å². The topological polar surface area (TPSA) is 54.9 Å². The number of hydrogen-bond acceptors (Lipinski definition) is 4. The highest BCUT2D eigenvalue weighted by molar-refractivity contribution is 7.17. The Bertz CT molecular complexity index is 894. The summed E-state index contributed by atoms with van der Waals surface area (Å²) in [6, 6.07) is 11.7. The van der Waals surface area contributed by atoms with Crippen molar-refractivity contribution in [2.24, 2.45) is 0 Å². The number of nitrogens with one attached hydrogen (secondary N) is 1. The van der Waals surface area contributed by atoms with E-state index in [9.17, 15) is 4.79 Å². The van der Waals surface area contributed by atoms with E-state index in [0.717, 1.165) is 34.1 Å². The lowest BCUT2D eigenvalue weighted by Crippen LogP contribution is -2.28. The molecule has 3 aromatic rings. The van der Waals surface area contributed by atoms with Crippen LogP contribution in [-0.2, 0) is 0 Å². The lowest BCUT2D eigenvalue weighted by molar-refractivity contribution is 0.0954. The number of pyridine rings is 1. The van der Waals surface area contributed by atoms with E-state index in [0.29, 0.717) is 11.4 Å². The van der Waals surface area contributed by atoms with Crippen LogP contribution in [0.25, 0.3) is 10.6 Å². The molecular formula is C21H22ClN3OS. The monoisotopic (exact) mass is 399 g/mol. The fraction of sp³-hybridized carbons (Fsp3) is 0.286. The van der Waals surface area contributed by atoms with Crippen LogP contribution in [0.2, 0.25) is 5.02 Å². The number of halogens is 1. The van der Waals surface area contributed by atoms with E-state index >= 15 is 0 Å². The first-order chi connectivity index (χ1) is 13.1. The molecule has 3 rings (SSSR count). The molecule has 140 valence electrons. The molecular weight excluding hydrogens is 378 g/mol. The van der Waals surface area contributed by atoms with Gasteiger partial charge in [-0.25, -0.2) is 4.98 Å². The van der Waals surface area contributed by atoms with Crippen LogP contribution in [-0.4, -0.2) is 22.4 Å². The predicted octanol–water partition coefficient (Wildman–Crippen LogP) is 5.48. The maximum absolute atomic E-state index is 12.7. The van der Waals surface area contributed by atoms with Gasteiger partial charge < -0.3 is 5.32 Å². The van der Waals surface area contributed by atoms with Crippen LogP contribution in [0.5, 0.6) is 0 Å². The molecule has 0 aliphatic heterocycles. The Morgan fingerprint density at radius 1 is 1.26 bits per heavy atom. The van der Waals surface area contributed by atoms with Gasteiger partial charge in [0.05, 0.1) is 5.69 Å². The quantitative estimate of drug-likeness (QED) is 0.572. The number of carbonyl (C=O) groups excluding carboxylic acids is 1. The van der Waals surface area contributed by atoms with Crippen LogP contribution in [0.4, 0.5) is 0 Å². The van der Waals surface area contributed by atoms with Gasteiger partial charge in [-0.1, -0.05) is 37.1 Å². The number of benzene rings is 1. The van der Waals surface area contributed by atoms with Crippen LogP contribution in [0.3, 0.4) is 0 Å². The van der Waals surface area contributed by atoms with Crippen molar-refractivity contribution in [1.29, 1.82) is 0 Å². The second-order valence-electron chi connectivity index (χ2n) is 6.42. The average Bonchev–Trinajstić information content (AvgIpc) is 3.08. The Morgan fingerprint density at radius 3 is 2.70 bits per heavy atom. The molecule has 0 aliphatic carbocycles. The van der Waals surface area contributed by atoms with Crippen molar-refractivity contribution in [2.45, 2.75) is 32.6 Å². The summed E-state index contributed by atoms with van der Waals surface area (Å²) >= 11 is 7.39. The van der Waals surface area contributed by atoms with Crippen molar-refractivity contribution in [2.75, 3.05) is 6.54 Å². The van der Waals surface area contributed by atoms with Gasteiger partial charge in [-0.15, -0.1) is 11.3 Å². The third kappa shape index (κ3) is 4.93. The van der Waals surface area contributed by atoms with E-state index in [1.54, 1.807) is 12.4 Å². The number of thiazole rings is 1. The van der Waals surface area contributed by atoms with Crippen LogP contribution in [0, 0.1) is 6.92 Å². The van der Waals surface area contributed by atoms with E-state index in [1.165, 1.54) is 16.9 Å². The molecule has 0 spiro atoms. The highest BCUT2D eigenvalue weighted by Gasteiger charge is 2.18. The number of rotatable bonds is 7. The van der Waals surface area contributed by atoms with E-state index in [-0.39, 0.29) is 11.8 Å². The second kappa shape index (κ2) is 9.11. The molecule has 1 amide bonds. The Hall–Kier alpha value is -2.24. The zero-order chi connectivity index (χ0) is 19.2. The maximum atomic E-state index is 12.7. The Balaban J connectivity index is 1.71. The van der Waals surface area contributed by atoms with Crippen molar-refractivity contribution in [3.63, 3.8) is 0 Å². The van der Waals surface area contributed by atoms with E-state index in [4.69, 9.17) is 11.6 Å².